The van der Waals surface area contributed by atoms with Crippen LogP contribution < -0.4 is 5.32 Å². The van der Waals surface area contributed by atoms with Crippen LogP contribution in [0.15, 0.2) is 35.7 Å². The van der Waals surface area contributed by atoms with E-state index in [1.54, 1.807) is 11.3 Å². The lowest BCUT2D eigenvalue weighted by Gasteiger charge is -2.07. The molecule has 3 rings (SSSR count). The highest BCUT2D eigenvalue weighted by Gasteiger charge is 2.29. The van der Waals surface area contributed by atoms with Crippen molar-refractivity contribution in [3.63, 3.8) is 0 Å². The van der Waals surface area contributed by atoms with Gasteiger partial charge >= 0.3 is 0 Å². The lowest BCUT2D eigenvalue weighted by Crippen LogP contribution is -2.14. The lowest BCUT2D eigenvalue weighted by atomic mass is 9.93. The smallest absolute Gasteiger partial charge is 0.173 e. The topological polar surface area (TPSA) is 29.1 Å². The molecule has 1 unspecified atom stereocenters. The van der Waals surface area contributed by atoms with Gasteiger partial charge in [0.15, 0.2) is 5.78 Å². The third-order valence-electron chi connectivity index (χ3n) is 3.16. The fraction of sp³-hybridized carbons (Fsp3) is 0.214. The van der Waals surface area contributed by atoms with Gasteiger partial charge in [0.1, 0.15) is 0 Å². The molecule has 1 atom stereocenters. The number of Topliss-reactive ketones (excluding diaryl/α,β-unsaturated/α-hetero) is 1. The van der Waals surface area contributed by atoms with Gasteiger partial charge in [-0.3, -0.25) is 4.79 Å². The quantitative estimate of drug-likeness (QED) is 0.818. The number of para-hydroxylation sites is 1. The SMILES string of the molecule is Cc1cc(C(=O)C2CNc3ccccc32)cs1. The maximum absolute atomic E-state index is 12.4. The zero-order valence-corrected chi connectivity index (χ0v) is 10.4. The van der Waals surface area contributed by atoms with Gasteiger partial charge in [0, 0.05) is 28.1 Å². The number of anilines is 1. The van der Waals surface area contributed by atoms with Gasteiger partial charge in [-0.2, -0.15) is 0 Å². The summed E-state index contributed by atoms with van der Waals surface area (Å²) in [4.78, 5) is 13.6. The normalized spacial score (nSPS) is 17.6. The molecular weight excluding hydrogens is 230 g/mol. The van der Waals surface area contributed by atoms with Gasteiger partial charge in [0.05, 0.1) is 5.92 Å². The number of rotatable bonds is 2. The van der Waals surface area contributed by atoms with Crippen LogP contribution in [0.25, 0.3) is 0 Å². The number of aryl methyl sites for hydroxylation is 1. The third-order valence-corrected chi connectivity index (χ3v) is 4.03. The molecule has 0 spiro atoms. The van der Waals surface area contributed by atoms with Crippen LogP contribution in [0.3, 0.4) is 0 Å². The first-order valence-corrected chi connectivity index (χ1v) is 6.56. The fourth-order valence-electron chi connectivity index (χ4n) is 2.29. The van der Waals surface area contributed by atoms with Gasteiger partial charge in [-0.25, -0.2) is 0 Å². The Hall–Kier alpha value is -1.61. The van der Waals surface area contributed by atoms with Gasteiger partial charge in [-0.15, -0.1) is 11.3 Å². The van der Waals surface area contributed by atoms with E-state index in [4.69, 9.17) is 0 Å². The number of fused-ring (bicyclic) bond motifs is 1. The number of carbonyl (C=O) groups is 1. The van der Waals surface area contributed by atoms with Crippen molar-refractivity contribution in [1.29, 1.82) is 0 Å². The Bertz CT molecular complexity index is 573. The summed E-state index contributed by atoms with van der Waals surface area (Å²) in [5.74, 6) is 0.201. The van der Waals surface area contributed by atoms with E-state index >= 15 is 0 Å². The van der Waals surface area contributed by atoms with Crippen molar-refractivity contribution >= 4 is 22.8 Å². The molecule has 0 amide bonds. The Morgan fingerprint density at radius 2 is 2.24 bits per heavy atom. The molecular formula is C14H13NOS. The largest absolute Gasteiger partial charge is 0.384 e. The summed E-state index contributed by atoms with van der Waals surface area (Å²) >= 11 is 1.63. The second-order valence-corrected chi connectivity index (χ2v) is 5.45. The Kier molecular flexibility index (Phi) is 2.48. The summed E-state index contributed by atoms with van der Waals surface area (Å²) in [6.07, 6.45) is 0. The van der Waals surface area contributed by atoms with Crippen molar-refractivity contribution in [2.75, 3.05) is 11.9 Å². The minimum Gasteiger partial charge on any atom is -0.384 e. The number of benzene rings is 1. The molecule has 1 aromatic heterocycles. The number of hydrogen-bond acceptors (Lipinski definition) is 3. The zero-order chi connectivity index (χ0) is 11.8. The Labute approximate surface area is 104 Å². The van der Waals surface area contributed by atoms with E-state index in [2.05, 4.69) is 5.32 Å². The van der Waals surface area contributed by atoms with Crippen LogP contribution in [0, 0.1) is 6.92 Å². The Morgan fingerprint density at radius 1 is 1.41 bits per heavy atom. The Balaban J connectivity index is 1.95. The first-order valence-electron chi connectivity index (χ1n) is 5.68. The summed E-state index contributed by atoms with van der Waals surface area (Å²) in [5, 5.41) is 5.25. The molecule has 0 bridgehead atoms. The van der Waals surface area contributed by atoms with Gasteiger partial charge in [-0.1, -0.05) is 18.2 Å². The van der Waals surface area contributed by atoms with Crippen molar-refractivity contribution in [2.45, 2.75) is 12.8 Å². The number of carbonyl (C=O) groups excluding carboxylic acids is 1. The molecule has 1 aliphatic rings. The molecule has 0 fully saturated rings. The summed E-state index contributed by atoms with van der Waals surface area (Å²) in [6, 6.07) is 10.0. The molecule has 1 N–H and O–H groups in total. The molecule has 1 aromatic carbocycles. The van der Waals surface area contributed by atoms with E-state index in [-0.39, 0.29) is 11.7 Å². The van der Waals surface area contributed by atoms with Crippen LogP contribution in [0.2, 0.25) is 0 Å². The van der Waals surface area contributed by atoms with Gasteiger partial charge in [-0.05, 0) is 24.6 Å². The van der Waals surface area contributed by atoms with Gasteiger partial charge in [0.2, 0.25) is 0 Å². The highest BCUT2D eigenvalue weighted by molar-refractivity contribution is 7.10. The van der Waals surface area contributed by atoms with E-state index in [9.17, 15) is 4.79 Å². The van der Waals surface area contributed by atoms with Crippen molar-refractivity contribution in [3.05, 3.63) is 51.7 Å². The van der Waals surface area contributed by atoms with E-state index in [0.29, 0.717) is 6.54 Å². The zero-order valence-electron chi connectivity index (χ0n) is 9.57. The second-order valence-electron chi connectivity index (χ2n) is 4.33. The number of thiophene rings is 1. The molecule has 2 nitrogen and oxygen atoms in total. The second kappa shape index (κ2) is 4.00. The molecule has 1 aliphatic heterocycles. The first kappa shape index (κ1) is 10.5. The minimum atomic E-state index is -0.0276. The van der Waals surface area contributed by atoms with E-state index in [0.717, 1.165) is 16.8 Å². The number of ketones is 1. The maximum atomic E-state index is 12.4. The molecule has 17 heavy (non-hydrogen) atoms. The van der Waals surface area contributed by atoms with E-state index < -0.39 is 0 Å². The average Bonchev–Trinajstić information content (AvgIpc) is 2.94. The monoisotopic (exact) mass is 243 g/mol. The fourth-order valence-corrected chi connectivity index (χ4v) is 2.98. The van der Waals surface area contributed by atoms with Gasteiger partial charge < -0.3 is 5.32 Å². The highest BCUT2D eigenvalue weighted by atomic mass is 32.1. The van der Waals surface area contributed by atoms with Crippen molar-refractivity contribution in [1.82, 2.24) is 0 Å². The summed E-state index contributed by atoms with van der Waals surface area (Å²) in [6.45, 7) is 2.75. The molecule has 0 radical (unpaired) electrons. The summed E-state index contributed by atoms with van der Waals surface area (Å²) < 4.78 is 0. The Morgan fingerprint density at radius 3 is 3.00 bits per heavy atom. The van der Waals surface area contributed by atoms with Crippen LogP contribution >= 0.6 is 11.3 Å². The van der Waals surface area contributed by atoms with E-state index in [1.807, 2.05) is 42.6 Å². The van der Waals surface area contributed by atoms with Crippen LogP contribution in [0.5, 0.6) is 0 Å². The molecule has 3 heteroatoms. The third kappa shape index (κ3) is 1.76. The number of nitrogens with one attached hydrogen (secondary N) is 1. The molecule has 0 saturated heterocycles. The minimum absolute atomic E-state index is 0.0276. The van der Waals surface area contributed by atoms with Crippen LogP contribution in [-0.4, -0.2) is 12.3 Å². The molecule has 0 aliphatic carbocycles. The predicted octanol–water partition coefficient (Wildman–Crippen LogP) is 3.45. The summed E-state index contributed by atoms with van der Waals surface area (Å²) in [7, 11) is 0. The molecule has 0 saturated carbocycles. The standard InChI is InChI=1S/C14H13NOS/c1-9-6-10(8-17-9)14(16)12-7-15-13-5-3-2-4-11(12)13/h2-6,8,12,15H,7H2,1H3. The summed E-state index contributed by atoms with van der Waals surface area (Å²) in [5.41, 5.74) is 3.06. The predicted molar refractivity (Wildman–Crippen MR) is 71.1 cm³/mol. The molecule has 2 heterocycles. The van der Waals surface area contributed by atoms with Crippen molar-refractivity contribution in [2.24, 2.45) is 0 Å². The maximum Gasteiger partial charge on any atom is 0.173 e. The highest BCUT2D eigenvalue weighted by Crippen LogP contribution is 2.33. The lowest BCUT2D eigenvalue weighted by molar-refractivity contribution is 0.0967. The van der Waals surface area contributed by atoms with Crippen molar-refractivity contribution < 1.29 is 4.79 Å². The first-order chi connectivity index (χ1) is 8.25. The molecule has 86 valence electrons. The molecule has 2 aromatic rings. The van der Waals surface area contributed by atoms with Crippen LogP contribution in [0.1, 0.15) is 26.7 Å². The van der Waals surface area contributed by atoms with E-state index in [1.165, 1.54) is 4.88 Å². The number of hydrogen-bond donors (Lipinski definition) is 1. The average molecular weight is 243 g/mol. The van der Waals surface area contributed by atoms with Gasteiger partial charge in [0.25, 0.3) is 0 Å². The van der Waals surface area contributed by atoms with Crippen LogP contribution in [-0.2, 0) is 0 Å². The van der Waals surface area contributed by atoms with Crippen molar-refractivity contribution in [3.8, 4) is 0 Å². The van der Waals surface area contributed by atoms with Crippen LogP contribution in [0.4, 0.5) is 5.69 Å².